The predicted octanol–water partition coefficient (Wildman–Crippen LogP) is 2.86. The molecule has 0 spiro atoms. The number of ether oxygens (including phenoxy) is 1. The maximum atomic E-state index is 11.3. The standard InChI is InChI=1S/C18H20N2O4/c1-5-8-15(10-14(7-3)17(19)22)13(6-2)11-16(9-12(4)21)24-18(20)23/h5-11,21H,1-4H2,(H2,19,22)(H2,20,23)/b13-11+,14-10+,15-8+,16-9+. The van der Waals surface area contributed by atoms with Crippen LogP contribution >= 0.6 is 0 Å². The second-order valence-electron chi connectivity index (χ2n) is 4.29. The van der Waals surface area contributed by atoms with Crippen LogP contribution in [0.3, 0.4) is 0 Å². The third kappa shape index (κ3) is 7.46. The van der Waals surface area contributed by atoms with Gasteiger partial charge >= 0.3 is 6.09 Å². The quantitative estimate of drug-likeness (QED) is 0.343. The minimum absolute atomic E-state index is 0.0764. The summed E-state index contributed by atoms with van der Waals surface area (Å²) in [6.45, 7) is 14.0. The molecule has 0 aliphatic heterocycles. The molecule has 6 nitrogen and oxygen atoms in total. The highest BCUT2D eigenvalue weighted by Gasteiger charge is 2.07. The fourth-order valence-corrected chi connectivity index (χ4v) is 1.55. The molecule has 0 aromatic carbocycles. The molecule has 6 heteroatoms. The van der Waals surface area contributed by atoms with E-state index in [1.807, 2.05) is 0 Å². The summed E-state index contributed by atoms with van der Waals surface area (Å²) in [6, 6.07) is 0. The van der Waals surface area contributed by atoms with E-state index in [1.165, 1.54) is 30.4 Å². The van der Waals surface area contributed by atoms with E-state index in [2.05, 4.69) is 26.3 Å². The summed E-state index contributed by atoms with van der Waals surface area (Å²) in [5.74, 6) is -1.09. The van der Waals surface area contributed by atoms with E-state index in [4.69, 9.17) is 16.2 Å². The first kappa shape index (κ1) is 20.5. The average Bonchev–Trinajstić information content (AvgIpc) is 2.47. The molecule has 0 aliphatic carbocycles. The molecule has 0 atom stereocenters. The van der Waals surface area contributed by atoms with Crippen molar-refractivity contribution in [1.29, 1.82) is 0 Å². The van der Waals surface area contributed by atoms with Crippen LogP contribution < -0.4 is 11.5 Å². The number of primary amides is 2. The molecule has 0 aliphatic rings. The second kappa shape index (κ2) is 10.2. The second-order valence-corrected chi connectivity index (χ2v) is 4.29. The Morgan fingerprint density at radius 2 is 1.50 bits per heavy atom. The number of nitrogens with two attached hydrogens (primary N) is 2. The van der Waals surface area contributed by atoms with E-state index >= 15 is 0 Å². The Morgan fingerprint density at radius 3 is 1.88 bits per heavy atom. The van der Waals surface area contributed by atoms with E-state index < -0.39 is 12.0 Å². The number of carbonyl (C=O) groups is 2. The molecule has 0 aromatic rings. The highest BCUT2D eigenvalue weighted by atomic mass is 16.5. The van der Waals surface area contributed by atoms with Gasteiger partial charge in [-0.3, -0.25) is 4.79 Å². The molecule has 126 valence electrons. The van der Waals surface area contributed by atoms with E-state index in [-0.39, 0.29) is 17.1 Å². The summed E-state index contributed by atoms with van der Waals surface area (Å²) in [4.78, 5) is 22.3. The summed E-state index contributed by atoms with van der Waals surface area (Å²) >= 11 is 0. The van der Waals surface area contributed by atoms with Gasteiger partial charge in [0.2, 0.25) is 5.91 Å². The van der Waals surface area contributed by atoms with Crippen molar-refractivity contribution < 1.29 is 19.4 Å². The third-order valence-electron chi connectivity index (χ3n) is 2.49. The molecule has 0 saturated heterocycles. The molecular formula is C18H20N2O4. The summed E-state index contributed by atoms with van der Waals surface area (Å²) in [7, 11) is 0. The molecule has 5 N–H and O–H groups in total. The van der Waals surface area contributed by atoms with Crippen molar-refractivity contribution in [3.05, 3.63) is 97.1 Å². The molecule has 0 radical (unpaired) electrons. The Balaban J connectivity index is 6.17. The SMILES string of the molecule is C=C/C=C(\C=C(/C=C)C(N)=O)C(/C=C)=C/C(=C\C(=C)O)OC(N)=O. The zero-order valence-corrected chi connectivity index (χ0v) is 13.2. The minimum atomic E-state index is -1.07. The van der Waals surface area contributed by atoms with Crippen molar-refractivity contribution in [1.82, 2.24) is 0 Å². The van der Waals surface area contributed by atoms with E-state index in [0.29, 0.717) is 11.1 Å². The number of hydrogen-bond donors (Lipinski definition) is 3. The number of allylic oxidation sites excluding steroid dienone is 8. The van der Waals surface area contributed by atoms with Gasteiger partial charge in [-0.25, -0.2) is 4.79 Å². The predicted molar refractivity (Wildman–Crippen MR) is 94.6 cm³/mol. The van der Waals surface area contributed by atoms with E-state index in [0.717, 1.165) is 6.08 Å². The fourth-order valence-electron chi connectivity index (χ4n) is 1.55. The van der Waals surface area contributed by atoms with Gasteiger partial charge < -0.3 is 21.3 Å². The van der Waals surface area contributed by atoms with Crippen molar-refractivity contribution in [2.24, 2.45) is 11.5 Å². The molecule has 24 heavy (non-hydrogen) atoms. The van der Waals surface area contributed by atoms with Crippen LogP contribution in [0.2, 0.25) is 0 Å². The zero-order chi connectivity index (χ0) is 18.7. The Hall–Kier alpha value is -3.54. The molecule has 0 saturated carbocycles. The smallest absolute Gasteiger partial charge is 0.409 e. The average molecular weight is 328 g/mol. The van der Waals surface area contributed by atoms with Gasteiger partial charge in [-0.15, -0.1) is 0 Å². The van der Waals surface area contributed by atoms with Crippen LogP contribution in [0.5, 0.6) is 0 Å². The molecule has 0 rings (SSSR count). The van der Waals surface area contributed by atoms with Crippen molar-refractivity contribution in [3.63, 3.8) is 0 Å². The van der Waals surface area contributed by atoms with E-state index in [1.54, 1.807) is 6.08 Å². The first-order chi connectivity index (χ1) is 11.2. The Bertz CT molecular complexity index is 692. The Morgan fingerprint density at radius 1 is 0.917 bits per heavy atom. The molecule has 0 fully saturated rings. The first-order valence-corrected chi connectivity index (χ1v) is 6.63. The summed E-state index contributed by atoms with van der Waals surface area (Å²) in [5.41, 5.74) is 11.3. The molecule has 0 unspecified atom stereocenters. The highest BCUT2D eigenvalue weighted by molar-refractivity contribution is 5.95. The minimum Gasteiger partial charge on any atom is -0.508 e. The van der Waals surface area contributed by atoms with Crippen LogP contribution in [0, 0.1) is 0 Å². The number of hydrogen-bond acceptors (Lipinski definition) is 4. The van der Waals surface area contributed by atoms with Gasteiger partial charge in [0.1, 0.15) is 11.5 Å². The lowest BCUT2D eigenvalue weighted by Crippen LogP contribution is -2.13. The zero-order valence-electron chi connectivity index (χ0n) is 13.2. The lowest BCUT2D eigenvalue weighted by molar-refractivity contribution is -0.114. The van der Waals surface area contributed by atoms with Gasteiger partial charge in [-0.1, -0.05) is 50.6 Å². The first-order valence-electron chi connectivity index (χ1n) is 6.63. The maximum absolute atomic E-state index is 11.3. The summed E-state index contributed by atoms with van der Waals surface area (Å²) < 4.78 is 4.77. The number of aliphatic hydroxyl groups is 1. The molecular weight excluding hydrogens is 308 g/mol. The number of rotatable bonds is 9. The van der Waals surface area contributed by atoms with Gasteiger partial charge in [0.15, 0.2) is 0 Å². The van der Waals surface area contributed by atoms with Crippen molar-refractivity contribution in [3.8, 4) is 0 Å². The van der Waals surface area contributed by atoms with Gasteiger partial charge in [0.05, 0.1) is 0 Å². The van der Waals surface area contributed by atoms with Crippen LogP contribution in [0.15, 0.2) is 97.1 Å². The lowest BCUT2D eigenvalue weighted by Gasteiger charge is -2.08. The van der Waals surface area contributed by atoms with Gasteiger partial charge in [0, 0.05) is 11.6 Å². The van der Waals surface area contributed by atoms with Gasteiger partial charge in [-0.2, -0.15) is 0 Å². The highest BCUT2D eigenvalue weighted by Crippen LogP contribution is 2.19. The number of amides is 2. The van der Waals surface area contributed by atoms with Crippen LogP contribution in [0.1, 0.15) is 0 Å². The van der Waals surface area contributed by atoms with Crippen molar-refractivity contribution in [2.75, 3.05) is 0 Å². The largest absolute Gasteiger partial charge is 0.508 e. The molecule has 0 heterocycles. The molecule has 2 amide bonds. The van der Waals surface area contributed by atoms with Crippen LogP contribution in [0.25, 0.3) is 0 Å². The monoisotopic (exact) mass is 328 g/mol. The fraction of sp³-hybridized carbons (Fsp3) is 0. The number of carbonyl (C=O) groups excluding carboxylic acids is 2. The summed E-state index contributed by atoms with van der Waals surface area (Å²) in [6.07, 6.45) is 8.64. The van der Waals surface area contributed by atoms with Gasteiger partial charge in [-0.05, 0) is 23.3 Å². The van der Waals surface area contributed by atoms with Crippen LogP contribution in [-0.4, -0.2) is 17.1 Å². The third-order valence-corrected chi connectivity index (χ3v) is 2.49. The van der Waals surface area contributed by atoms with Crippen molar-refractivity contribution in [2.45, 2.75) is 0 Å². The van der Waals surface area contributed by atoms with Crippen LogP contribution in [-0.2, 0) is 9.53 Å². The summed E-state index contributed by atoms with van der Waals surface area (Å²) in [5, 5.41) is 9.24. The lowest BCUT2D eigenvalue weighted by atomic mass is 10.0. The Kier molecular flexibility index (Phi) is 8.72. The number of aliphatic hydroxyl groups excluding tert-OH is 1. The molecule has 0 aromatic heterocycles. The Labute approximate surface area is 140 Å². The normalized spacial score (nSPS) is 13.0. The van der Waals surface area contributed by atoms with Crippen LogP contribution in [0.4, 0.5) is 4.79 Å². The maximum Gasteiger partial charge on any atom is 0.409 e. The van der Waals surface area contributed by atoms with Gasteiger partial charge in [0.25, 0.3) is 0 Å². The topological polar surface area (TPSA) is 116 Å². The van der Waals surface area contributed by atoms with Crippen molar-refractivity contribution >= 4 is 12.0 Å². The van der Waals surface area contributed by atoms with E-state index in [9.17, 15) is 14.7 Å². The molecule has 0 bridgehead atoms.